The van der Waals surface area contributed by atoms with Gasteiger partial charge in [0.25, 0.3) is 0 Å². The Bertz CT molecular complexity index is 424. The van der Waals surface area contributed by atoms with Crippen molar-refractivity contribution in [2.45, 2.75) is 39.2 Å². The maximum atomic E-state index is 4.60. The second-order valence-electron chi connectivity index (χ2n) is 5.70. The van der Waals surface area contributed by atoms with Gasteiger partial charge >= 0.3 is 0 Å². The minimum atomic E-state index is 0.611. The zero-order valence-electron chi connectivity index (χ0n) is 13.7. The van der Waals surface area contributed by atoms with Crippen molar-refractivity contribution in [3.8, 4) is 0 Å². The highest BCUT2D eigenvalue weighted by Gasteiger charge is 2.08. The molecule has 0 unspecified atom stereocenters. The van der Waals surface area contributed by atoms with E-state index in [-0.39, 0.29) is 0 Å². The zero-order valence-corrected chi connectivity index (χ0v) is 13.7. The molecule has 1 saturated heterocycles. The van der Waals surface area contributed by atoms with Gasteiger partial charge in [0, 0.05) is 25.8 Å². The van der Waals surface area contributed by atoms with Gasteiger partial charge in [0.05, 0.1) is 12.2 Å². The van der Waals surface area contributed by atoms with Crippen LogP contribution >= 0.6 is 0 Å². The lowest BCUT2D eigenvalue weighted by molar-refractivity contribution is 0.289. The monoisotopic (exact) mass is 303 g/mol. The minimum Gasteiger partial charge on any atom is -0.357 e. The summed E-state index contributed by atoms with van der Waals surface area (Å²) in [6.07, 6.45) is 7.27. The maximum Gasteiger partial charge on any atom is 0.191 e. The molecular formula is C17H29N5. The summed E-state index contributed by atoms with van der Waals surface area (Å²) in [4.78, 5) is 11.5. The quantitative estimate of drug-likeness (QED) is 0.623. The van der Waals surface area contributed by atoms with Gasteiger partial charge in [-0.1, -0.05) is 18.9 Å². The van der Waals surface area contributed by atoms with Crippen LogP contribution in [0.3, 0.4) is 0 Å². The van der Waals surface area contributed by atoms with Gasteiger partial charge in [-0.3, -0.25) is 4.98 Å². The molecule has 2 rings (SSSR count). The highest BCUT2D eigenvalue weighted by molar-refractivity contribution is 5.79. The molecule has 0 saturated carbocycles. The lowest BCUT2D eigenvalue weighted by Crippen LogP contribution is -2.41. The Hall–Kier alpha value is -1.62. The summed E-state index contributed by atoms with van der Waals surface area (Å²) in [5.74, 6) is 0.878. The van der Waals surface area contributed by atoms with Gasteiger partial charge in [0.1, 0.15) is 0 Å². The van der Waals surface area contributed by atoms with Gasteiger partial charge in [-0.2, -0.15) is 0 Å². The van der Waals surface area contributed by atoms with E-state index in [1.165, 1.54) is 38.8 Å². The summed E-state index contributed by atoms with van der Waals surface area (Å²) >= 11 is 0. The first-order valence-corrected chi connectivity index (χ1v) is 8.53. The predicted molar refractivity (Wildman–Crippen MR) is 92.0 cm³/mol. The van der Waals surface area contributed by atoms with E-state index in [1.807, 2.05) is 24.4 Å². The molecule has 5 nitrogen and oxygen atoms in total. The van der Waals surface area contributed by atoms with Crippen LogP contribution in [0.5, 0.6) is 0 Å². The average molecular weight is 303 g/mol. The number of likely N-dealkylation sites (tertiary alicyclic amines) is 1. The van der Waals surface area contributed by atoms with E-state index < -0.39 is 0 Å². The Kier molecular flexibility index (Phi) is 7.74. The Labute approximate surface area is 134 Å². The summed E-state index contributed by atoms with van der Waals surface area (Å²) in [6.45, 7) is 8.08. The third-order valence-electron chi connectivity index (χ3n) is 3.89. The molecule has 0 spiro atoms. The number of hydrogen-bond acceptors (Lipinski definition) is 3. The van der Waals surface area contributed by atoms with Gasteiger partial charge in [-0.25, -0.2) is 4.99 Å². The standard InChI is InChI=1S/C17H29N5/c1-2-18-17(21-15-16-9-5-6-10-19-16)20-11-14-22-12-7-3-4-8-13-22/h5-6,9-10H,2-4,7-8,11-15H2,1H3,(H2,18,20,21). The number of nitrogens with one attached hydrogen (secondary N) is 2. The summed E-state index contributed by atoms with van der Waals surface area (Å²) in [5.41, 5.74) is 0.993. The lowest BCUT2D eigenvalue weighted by atomic mass is 10.2. The van der Waals surface area contributed by atoms with E-state index in [4.69, 9.17) is 0 Å². The molecule has 1 aliphatic heterocycles. The van der Waals surface area contributed by atoms with Crippen LogP contribution in [-0.4, -0.2) is 48.6 Å². The smallest absolute Gasteiger partial charge is 0.191 e. The molecule has 1 aromatic heterocycles. The molecule has 1 aliphatic rings. The average Bonchev–Trinajstić information content (AvgIpc) is 2.82. The van der Waals surface area contributed by atoms with Crippen molar-refractivity contribution in [2.24, 2.45) is 4.99 Å². The molecular weight excluding hydrogens is 274 g/mol. The maximum absolute atomic E-state index is 4.60. The third-order valence-corrected chi connectivity index (χ3v) is 3.89. The molecule has 1 fully saturated rings. The highest BCUT2D eigenvalue weighted by atomic mass is 15.2. The number of hydrogen-bond donors (Lipinski definition) is 2. The molecule has 0 atom stereocenters. The highest BCUT2D eigenvalue weighted by Crippen LogP contribution is 2.08. The van der Waals surface area contributed by atoms with Gasteiger partial charge in [0.15, 0.2) is 5.96 Å². The number of aromatic nitrogens is 1. The van der Waals surface area contributed by atoms with Crippen LogP contribution in [0.25, 0.3) is 0 Å². The summed E-state index contributed by atoms with van der Waals surface area (Å²) in [7, 11) is 0. The SMILES string of the molecule is CCNC(=NCc1ccccn1)NCCN1CCCCCC1. The predicted octanol–water partition coefficient (Wildman–Crippen LogP) is 2.01. The largest absolute Gasteiger partial charge is 0.357 e. The molecule has 2 N–H and O–H groups in total. The van der Waals surface area contributed by atoms with Crippen LogP contribution in [0.15, 0.2) is 29.4 Å². The van der Waals surface area contributed by atoms with Crippen LogP contribution in [0.1, 0.15) is 38.3 Å². The van der Waals surface area contributed by atoms with Crippen LogP contribution in [-0.2, 0) is 6.54 Å². The van der Waals surface area contributed by atoms with Crippen LogP contribution < -0.4 is 10.6 Å². The van der Waals surface area contributed by atoms with E-state index >= 15 is 0 Å². The molecule has 22 heavy (non-hydrogen) atoms. The third kappa shape index (κ3) is 6.43. The van der Waals surface area contributed by atoms with Crippen molar-refractivity contribution in [1.29, 1.82) is 0 Å². The van der Waals surface area contributed by atoms with Crippen molar-refractivity contribution < 1.29 is 0 Å². The van der Waals surface area contributed by atoms with Crippen molar-refractivity contribution in [3.05, 3.63) is 30.1 Å². The number of aliphatic imine (C=N–C) groups is 1. The Morgan fingerprint density at radius 2 is 2.00 bits per heavy atom. The lowest BCUT2D eigenvalue weighted by Gasteiger charge is -2.20. The second kappa shape index (κ2) is 10.2. The van der Waals surface area contributed by atoms with E-state index in [2.05, 4.69) is 32.4 Å². The number of guanidine groups is 1. The number of nitrogens with zero attached hydrogens (tertiary/aromatic N) is 3. The normalized spacial score (nSPS) is 17.0. The summed E-state index contributed by atoms with van der Waals surface area (Å²) in [6, 6.07) is 5.93. The minimum absolute atomic E-state index is 0.611. The van der Waals surface area contributed by atoms with Crippen LogP contribution in [0, 0.1) is 0 Å². The fourth-order valence-electron chi connectivity index (χ4n) is 2.69. The topological polar surface area (TPSA) is 52.6 Å². The summed E-state index contributed by atoms with van der Waals surface area (Å²) in [5, 5.41) is 6.72. The first-order valence-electron chi connectivity index (χ1n) is 8.53. The van der Waals surface area contributed by atoms with Crippen LogP contribution in [0.2, 0.25) is 0 Å². The Morgan fingerprint density at radius 1 is 1.18 bits per heavy atom. The van der Waals surface area contributed by atoms with Crippen molar-refractivity contribution in [2.75, 3.05) is 32.7 Å². The van der Waals surface area contributed by atoms with E-state index in [0.717, 1.165) is 31.3 Å². The molecule has 0 amide bonds. The fraction of sp³-hybridized carbons (Fsp3) is 0.647. The number of rotatable bonds is 6. The molecule has 2 heterocycles. The molecule has 0 aliphatic carbocycles. The van der Waals surface area contributed by atoms with E-state index in [9.17, 15) is 0 Å². The molecule has 1 aromatic rings. The van der Waals surface area contributed by atoms with Gasteiger partial charge in [0.2, 0.25) is 0 Å². The molecule has 0 aromatic carbocycles. The second-order valence-corrected chi connectivity index (χ2v) is 5.70. The molecule has 122 valence electrons. The molecule has 5 heteroatoms. The van der Waals surface area contributed by atoms with Gasteiger partial charge in [-0.15, -0.1) is 0 Å². The van der Waals surface area contributed by atoms with E-state index in [0.29, 0.717) is 6.54 Å². The summed E-state index contributed by atoms with van der Waals surface area (Å²) < 4.78 is 0. The van der Waals surface area contributed by atoms with Crippen molar-refractivity contribution in [3.63, 3.8) is 0 Å². The van der Waals surface area contributed by atoms with Gasteiger partial charge < -0.3 is 15.5 Å². The number of pyridine rings is 1. The van der Waals surface area contributed by atoms with Crippen molar-refractivity contribution >= 4 is 5.96 Å². The Balaban J connectivity index is 1.75. The van der Waals surface area contributed by atoms with Crippen LogP contribution in [0.4, 0.5) is 0 Å². The van der Waals surface area contributed by atoms with Crippen molar-refractivity contribution in [1.82, 2.24) is 20.5 Å². The first-order chi connectivity index (χ1) is 10.9. The fourth-order valence-corrected chi connectivity index (χ4v) is 2.69. The zero-order chi connectivity index (χ0) is 15.5. The molecule has 0 radical (unpaired) electrons. The molecule has 0 bridgehead atoms. The Morgan fingerprint density at radius 3 is 2.68 bits per heavy atom. The van der Waals surface area contributed by atoms with Gasteiger partial charge in [-0.05, 0) is 45.0 Å². The van der Waals surface area contributed by atoms with E-state index in [1.54, 1.807) is 0 Å². The first kappa shape index (κ1) is 16.7.